The van der Waals surface area contributed by atoms with E-state index in [4.69, 9.17) is 9.47 Å². The van der Waals surface area contributed by atoms with Crippen LogP contribution >= 0.6 is 11.3 Å². The van der Waals surface area contributed by atoms with E-state index in [1.54, 1.807) is 17.5 Å². The van der Waals surface area contributed by atoms with Crippen molar-refractivity contribution in [3.63, 3.8) is 0 Å². The fraction of sp³-hybridized carbons (Fsp3) is 0.217. The van der Waals surface area contributed by atoms with Gasteiger partial charge in [-0.2, -0.15) is 4.98 Å². The average Bonchev–Trinajstić information content (AvgIpc) is 3.35. The van der Waals surface area contributed by atoms with Crippen LogP contribution in [-0.4, -0.2) is 22.3 Å². The molecule has 0 amide bonds. The average molecular weight is 404 g/mol. The topological polar surface area (TPSA) is 53.4 Å². The van der Waals surface area contributed by atoms with E-state index in [-0.39, 0.29) is 11.7 Å². The summed E-state index contributed by atoms with van der Waals surface area (Å²) in [5.74, 6) is 0.814. The molecule has 5 nitrogen and oxygen atoms in total. The van der Waals surface area contributed by atoms with Crippen molar-refractivity contribution < 1.29 is 9.47 Å². The van der Waals surface area contributed by atoms with Crippen molar-refractivity contribution in [2.45, 2.75) is 26.0 Å². The number of hydrogen-bond donors (Lipinski definition) is 0. The van der Waals surface area contributed by atoms with Gasteiger partial charge in [-0.05, 0) is 47.2 Å². The second-order valence-corrected chi connectivity index (χ2v) is 8.20. The van der Waals surface area contributed by atoms with E-state index < -0.39 is 0 Å². The highest BCUT2D eigenvalue weighted by Crippen LogP contribution is 2.35. The molecule has 29 heavy (non-hydrogen) atoms. The number of ether oxygens (including phenoxy) is 2. The van der Waals surface area contributed by atoms with Gasteiger partial charge in [0.25, 0.3) is 11.6 Å². The molecule has 1 aliphatic heterocycles. The van der Waals surface area contributed by atoms with Gasteiger partial charge in [-0.1, -0.05) is 31.2 Å². The first-order chi connectivity index (χ1) is 14.2. The zero-order valence-corrected chi connectivity index (χ0v) is 16.8. The molecule has 5 rings (SSSR count). The number of aryl methyl sites for hydroxylation is 1. The molecule has 1 aliphatic rings. The van der Waals surface area contributed by atoms with Crippen LogP contribution in [0, 0.1) is 0 Å². The minimum atomic E-state index is -0.291. The van der Waals surface area contributed by atoms with E-state index in [9.17, 15) is 4.79 Å². The van der Waals surface area contributed by atoms with Crippen molar-refractivity contribution in [2.75, 3.05) is 6.61 Å². The van der Waals surface area contributed by atoms with E-state index in [0.717, 1.165) is 12.2 Å². The number of nitrogens with zero attached hydrogens (tertiary/aromatic N) is 2. The van der Waals surface area contributed by atoms with E-state index in [0.29, 0.717) is 19.2 Å². The summed E-state index contributed by atoms with van der Waals surface area (Å²) < 4.78 is 14.7. The SMILES string of the molecule is CCc1ccc(-c2cc3ccc(OC[C@@H]4Cn5ccc(=O)nc5O4)cc3s2)cc1. The predicted octanol–water partition coefficient (Wildman–Crippen LogP) is 4.53. The van der Waals surface area contributed by atoms with Crippen LogP contribution < -0.4 is 15.0 Å². The summed E-state index contributed by atoms with van der Waals surface area (Å²) in [5, 5.41) is 1.21. The Balaban J connectivity index is 1.29. The van der Waals surface area contributed by atoms with Crippen molar-refractivity contribution in [3.8, 4) is 22.2 Å². The fourth-order valence-corrected chi connectivity index (χ4v) is 4.57. The van der Waals surface area contributed by atoms with E-state index in [2.05, 4.69) is 54.4 Å². The number of fused-ring (bicyclic) bond motifs is 2. The molecule has 0 saturated carbocycles. The van der Waals surface area contributed by atoms with Crippen molar-refractivity contribution >= 4 is 21.4 Å². The molecule has 1 atom stereocenters. The Morgan fingerprint density at radius 2 is 2.03 bits per heavy atom. The highest BCUT2D eigenvalue weighted by molar-refractivity contribution is 7.22. The number of benzene rings is 2. The van der Waals surface area contributed by atoms with Crippen LogP contribution in [-0.2, 0) is 13.0 Å². The normalized spacial score (nSPS) is 15.3. The lowest BCUT2D eigenvalue weighted by Crippen LogP contribution is -2.23. The first-order valence-corrected chi connectivity index (χ1v) is 10.5. The molecule has 2 aromatic heterocycles. The third-order valence-electron chi connectivity index (χ3n) is 5.10. The molecular weight excluding hydrogens is 384 g/mol. The number of rotatable bonds is 5. The lowest BCUT2D eigenvalue weighted by atomic mass is 10.1. The van der Waals surface area contributed by atoms with Crippen LogP contribution in [0.1, 0.15) is 12.5 Å². The monoisotopic (exact) mass is 404 g/mol. The van der Waals surface area contributed by atoms with Gasteiger partial charge in [-0.3, -0.25) is 9.36 Å². The molecule has 3 heterocycles. The van der Waals surface area contributed by atoms with Gasteiger partial charge in [-0.15, -0.1) is 11.3 Å². The minimum Gasteiger partial charge on any atom is -0.490 e. The summed E-state index contributed by atoms with van der Waals surface area (Å²) in [7, 11) is 0. The molecule has 0 saturated heterocycles. The number of hydrogen-bond acceptors (Lipinski definition) is 5. The van der Waals surface area contributed by atoms with Crippen LogP contribution in [0.3, 0.4) is 0 Å². The van der Waals surface area contributed by atoms with E-state index in [1.807, 2.05) is 10.6 Å². The molecule has 0 radical (unpaired) electrons. The van der Waals surface area contributed by atoms with Gasteiger partial charge in [-0.25, -0.2) is 0 Å². The zero-order valence-electron chi connectivity index (χ0n) is 16.0. The van der Waals surface area contributed by atoms with Crippen LogP contribution in [0.4, 0.5) is 0 Å². The Morgan fingerprint density at radius 3 is 2.86 bits per heavy atom. The summed E-state index contributed by atoms with van der Waals surface area (Å²) in [6.45, 7) is 3.20. The molecule has 0 N–H and O–H groups in total. The van der Waals surface area contributed by atoms with Crippen molar-refractivity contribution in [2.24, 2.45) is 0 Å². The van der Waals surface area contributed by atoms with Gasteiger partial charge in [0.15, 0.2) is 6.10 Å². The van der Waals surface area contributed by atoms with E-state index >= 15 is 0 Å². The third-order valence-corrected chi connectivity index (χ3v) is 6.24. The Kier molecular flexibility index (Phi) is 4.56. The largest absolute Gasteiger partial charge is 0.490 e. The molecule has 0 aliphatic carbocycles. The fourth-order valence-electron chi connectivity index (χ4n) is 3.48. The number of thiophene rings is 1. The van der Waals surface area contributed by atoms with Gasteiger partial charge in [0, 0.05) is 21.8 Å². The smallest absolute Gasteiger partial charge is 0.300 e. The second kappa shape index (κ2) is 7.37. The highest BCUT2D eigenvalue weighted by atomic mass is 32.1. The first-order valence-electron chi connectivity index (χ1n) is 9.68. The lowest BCUT2D eigenvalue weighted by Gasteiger charge is -2.11. The summed E-state index contributed by atoms with van der Waals surface area (Å²) >= 11 is 1.77. The molecular formula is C23H20N2O3S. The van der Waals surface area contributed by atoms with Crippen LogP contribution in [0.25, 0.3) is 20.5 Å². The van der Waals surface area contributed by atoms with Gasteiger partial charge >= 0.3 is 0 Å². The van der Waals surface area contributed by atoms with Gasteiger partial charge < -0.3 is 9.47 Å². The molecule has 0 bridgehead atoms. The molecule has 6 heteroatoms. The standard InChI is InChI=1S/C23H20N2O3S/c1-2-15-3-5-16(6-4-15)20-11-17-7-8-18(12-21(17)29-20)27-14-19-13-25-10-9-22(26)24-23(25)28-19/h3-12,19H,2,13-14H2,1H3/t19-/m0/s1. The first kappa shape index (κ1) is 17.9. The molecule has 0 fully saturated rings. The molecule has 4 aromatic rings. The molecule has 2 aromatic carbocycles. The van der Waals surface area contributed by atoms with Crippen LogP contribution in [0.2, 0.25) is 0 Å². The van der Waals surface area contributed by atoms with Crippen molar-refractivity contribution in [1.82, 2.24) is 9.55 Å². The number of aromatic nitrogens is 2. The van der Waals surface area contributed by atoms with Gasteiger partial charge in [0.2, 0.25) is 0 Å². The minimum absolute atomic E-state index is 0.157. The second-order valence-electron chi connectivity index (χ2n) is 7.11. The zero-order chi connectivity index (χ0) is 19.8. The van der Waals surface area contributed by atoms with Crippen molar-refractivity contribution in [1.29, 1.82) is 0 Å². The van der Waals surface area contributed by atoms with Crippen molar-refractivity contribution in [3.05, 3.63) is 76.7 Å². The lowest BCUT2D eigenvalue weighted by molar-refractivity contribution is 0.144. The maximum absolute atomic E-state index is 11.3. The molecule has 146 valence electrons. The Labute approximate surface area is 172 Å². The Morgan fingerprint density at radius 1 is 1.17 bits per heavy atom. The quantitative estimate of drug-likeness (QED) is 0.490. The summed E-state index contributed by atoms with van der Waals surface area (Å²) in [6.07, 6.45) is 2.60. The predicted molar refractivity (Wildman–Crippen MR) is 115 cm³/mol. The maximum Gasteiger partial charge on any atom is 0.300 e. The van der Waals surface area contributed by atoms with Crippen LogP contribution in [0.15, 0.2) is 65.6 Å². The molecule has 0 unspecified atom stereocenters. The van der Waals surface area contributed by atoms with Crippen LogP contribution in [0.5, 0.6) is 11.8 Å². The summed E-state index contributed by atoms with van der Waals surface area (Å²) in [6, 6.07) is 18.9. The maximum atomic E-state index is 11.3. The van der Waals surface area contributed by atoms with E-state index in [1.165, 1.54) is 32.2 Å². The Hall–Kier alpha value is -3.12. The summed E-state index contributed by atoms with van der Waals surface area (Å²) in [4.78, 5) is 16.5. The summed E-state index contributed by atoms with van der Waals surface area (Å²) in [5.41, 5.74) is 2.30. The molecule has 0 spiro atoms. The highest BCUT2D eigenvalue weighted by Gasteiger charge is 2.23. The van der Waals surface area contributed by atoms with Gasteiger partial charge in [0.05, 0.1) is 6.54 Å². The third kappa shape index (κ3) is 3.63. The Bertz CT molecular complexity index is 1230. The van der Waals surface area contributed by atoms with Gasteiger partial charge in [0.1, 0.15) is 12.4 Å².